The van der Waals surface area contributed by atoms with Crippen LogP contribution in [-0.4, -0.2) is 60.6 Å². The Balaban J connectivity index is 1.88. The van der Waals surface area contributed by atoms with E-state index < -0.39 is 0 Å². The molecule has 21 heavy (non-hydrogen) atoms. The van der Waals surface area contributed by atoms with E-state index in [9.17, 15) is 4.79 Å². The summed E-state index contributed by atoms with van der Waals surface area (Å²) in [5.41, 5.74) is 1.48. The quantitative estimate of drug-likeness (QED) is 0.846. The molecule has 0 spiro atoms. The summed E-state index contributed by atoms with van der Waals surface area (Å²) in [5.74, 6) is 5.45. The molecule has 0 radical (unpaired) electrons. The number of hydrogen-bond donors (Lipinski definition) is 1. The molecule has 1 fully saturated rings. The normalized spacial score (nSPS) is 14.6. The summed E-state index contributed by atoms with van der Waals surface area (Å²) in [4.78, 5) is 16.5. The van der Waals surface area contributed by atoms with Crippen LogP contribution in [0.3, 0.4) is 0 Å². The van der Waals surface area contributed by atoms with E-state index in [4.69, 9.17) is 5.11 Å². The number of likely N-dealkylation sites (tertiary alicyclic amines) is 1. The summed E-state index contributed by atoms with van der Waals surface area (Å²) in [7, 11) is 1.85. The first kappa shape index (κ1) is 15.6. The number of carbonyl (C=O) groups is 1. The number of likely N-dealkylation sites (N-methyl/N-ethyl adjacent to an activating group) is 1. The lowest BCUT2D eigenvalue weighted by Crippen LogP contribution is -2.35. The Kier molecular flexibility index (Phi) is 5.79. The number of amides is 1. The van der Waals surface area contributed by atoms with E-state index in [0.29, 0.717) is 5.56 Å². The minimum absolute atomic E-state index is 0.0378. The largest absolute Gasteiger partial charge is 0.384 e. The van der Waals surface area contributed by atoms with E-state index >= 15 is 0 Å². The minimum Gasteiger partial charge on any atom is -0.384 e. The topological polar surface area (TPSA) is 43.8 Å². The summed E-state index contributed by atoms with van der Waals surface area (Å²) in [6.07, 6.45) is 2.54. The average Bonchev–Trinajstić information content (AvgIpc) is 3.04. The summed E-state index contributed by atoms with van der Waals surface area (Å²) in [5, 5.41) is 8.65. The third-order valence-corrected chi connectivity index (χ3v) is 3.74. The predicted molar refractivity (Wildman–Crippen MR) is 83.0 cm³/mol. The summed E-state index contributed by atoms with van der Waals surface area (Å²) >= 11 is 0. The summed E-state index contributed by atoms with van der Waals surface area (Å²) < 4.78 is 0. The third kappa shape index (κ3) is 4.59. The van der Waals surface area contributed by atoms with E-state index in [0.717, 1.165) is 31.7 Å². The monoisotopic (exact) mass is 286 g/mol. The first-order valence-electron chi connectivity index (χ1n) is 7.38. The van der Waals surface area contributed by atoms with E-state index in [-0.39, 0.29) is 12.5 Å². The van der Waals surface area contributed by atoms with Crippen molar-refractivity contribution < 1.29 is 9.90 Å². The molecule has 1 N–H and O–H groups in total. The van der Waals surface area contributed by atoms with Crippen molar-refractivity contribution in [3.05, 3.63) is 35.4 Å². The standard InChI is InChI=1S/C17H22N2O2/c1-18(12-13-19-10-2-3-11-19)17(21)16-8-6-15(7-9-16)5-4-14-20/h6-9,20H,2-3,10-14H2,1H3. The second-order valence-electron chi connectivity index (χ2n) is 5.31. The zero-order chi connectivity index (χ0) is 15.1. The Bertz CT molecular complexity index is 522. The number of benzene rings is 1. The van der Waals surface area contributed by atoms with Crippen molar-refractivity contribution in [2.24, 2.45) is 0 Å². The average molecular weight is 286 g/mol. The van der Waals surface area contributed by atoms with Crippen molar-refractivity contribution in [1.29, 1.82) is 0 Å². The molecular weight excluding hydrogens is 264 g/mol. The Morgan fingerprint density at radius 3 is 2.57 bits per heavy atom. The van der Waals surface area contributed by atoms with Crippen LogP contribution in [0.25, 0.3) is 0 Å². The highest BCUT2D eigenvalue weighted by molar-refractivity contribution is 5.94. The van der Waals surface area contributed by atoms with Crippen LogP contribution in [0.4, 0.5) is 0 Å². The van der Waals surface area contributed by atoms with Crippen LogP contribution >= 0.6 is 0 Å². The van der Waals surface area contributed by atoms with Crippen molar-refractivity contribution in [2.75, 3.05) is 39.8 Å². The fourth-order valence-electron chi connectivity index (χ4n) is 2.46. The molecule has 0 bridgehead atoms. The number of rotatable bonds is 4. The molecule has 2 rings (SSSR count). The first-order valence-corrected chi connectivity index (χ1v) is 7.38. The highest BCUT2D eigenvalue weighted by Gasteiger charge is 2.15. The van der Waals surface area contributed by atoms with Crippen LogP contribution < -0.4 is 0 Å². The molecule has 0 aliphatic carbocycles. The number of aliphatic hydroxyl groups excluding tert-OH is 1. The summed E-state index contributed by atoms with van der Waals surface area (Å²) in [6.45, 7) is 3.85. The van der Waals surface area contributed by atoms with Crippen LogP contribution in [0.1, 0.15) is 28.8 Å². The number of aliphatic hydroxyl groups is 1. The molecular formula is C17H22N2O2. The second-order valence-corrected chi connectivity index (χ2v) is 5.31. The molecule has 0 saturated carbocycles. The molecule has 0 unspecified atom stereocenters. The van der Waals surface area contributed by atoms with Crippen molar-refractivity contribution in [2.45, 2.75) is 12.8 Å². The lowest BCUT2D eigenvalue weighted by Gasteiger charge is -2.21. The highest BCUT2D eigenvalue weighted by Crippen LogP contribution is 2.09. The lowest BCUT2D eigenvalue weighted by molar-refractivity contribution is 0.0782. The van der Waals surface area contributed by atoms with Crippen LogP contribution in [0.2, 0.25) is 0 Å². The zero-order valence-electron chi connectivity index (χ0n) is 12.5. The Morgan fingerprint density at radius 1 is 1.29 bits per heavy atom. The fourth-order valence-corrected chi connectivity index (χ4v) is 2.46. The van der Waals surface area contributed by atoms with Crippen LogP contribution in [0, 0.1) is 11.8 Å². The fraction of sp³-hybridized carbons (Fsp3) is 0.471. The van der Waals surface area contributed by atoms with Crippen LogP contribution in [-0.2, 0) is 0 Å². The van der Waals surface area contributed by atoms with Gasteiger partial charge in [-0.2, -0.15) is 0 Å². The van der Waals surface area contributed by atoms with Gasteiger partial charge < -0.3 is 14.9 Å². The molecule has 1 saturated heterocycles. The third-order valence-electron chi connectivity index (χ3n) is 3.74. The van der Waals surface area contributed by atoms with Crippen molar-refractivity contribution in [3.8, 4) is 11.8 Å². The van der Waals surface area contributed by atoms with Gasteiger partial charge in [-0.25, -0.2) is 0 Å². The van der Waals surface area contributed by atoms with Gasteiger partial charge in [0.15, 0.2) is 0 Å². The minimum atomic E-state index is -0.153. The lowest BCUT2D eigenvalue weighted by atomic mass is 10.1. The van der Waals surface area contributed by atoms with E-state index in [1.807, 2.05) is 19.2 Å². The first-order chi connectivity index (χ1) is 10.2. The Morgan fingerprint density at radius 2 is 1.95 bits per heavy atom. The van der Waals surface area contributed by atoms with Crippen molar-refractivity contribution in [1.82, 2.24) is 9.80 Å². The van der Waals surface area contributed by atoms with Gasteiger partial charge in [0.25, 0.3) is 5.91 Å². The maximum Gasteiger partial charge on any atom is 0.253 e. The molecule has 1 aliphatic rings. The van der Waals surface area contributed by atoms with Gasteiger partial charge in [-0.3, -0.25) is 4.79 Å². The van der Waals surface area contributed by atoms with Gasteiger partial charge in [-0.15, -0.1) is 0 Å². The molecule has 1 heterocycles. The zero-order valence-corrected chi connectivity index (χ0v) is 12.5. The number of nitrogens with zero attached hydrogens (tertiary/aromatic N) is 2. The SMILES string of the molecule is CN(CCN1CCCC1)C(=O)c1ccc(C#CCO)cc1. The molecule has 112 valence electrons. The smallest absolute Gasteiger partial charge is 0.253 e. The van der Waals surface area contributed by atoms with Crippen LogP contribution in [0.5, 0.6) is 0 Å². The van der Waals surface area contributed by atoms with Gasteiger partial charge in [-0.1, -0.05) is 11.8 Å². The maximum atomic E-state index is 12.3. The molecule has 0 atom stereocenters. The molecule has 0 aromatic heterocycles. The van der Waals surface area contributed by atoms with E-state index in [1.165, 1.54) is 12.8 Å². The van der Waals surface area contributed by atoms with E-state index in [2.05, 4.69) is 16.7 Å². The van der Waals surface area contributed by atoms with Gasteiger partial charge in [-0.05, 0) is 50.2 Å². The number of hydrogen-bond acceptors (Lipinski definition) is 3. The predicted octanol–water partition coefficient (Wildman–Crippen LogP) is 1.20. The molecule has 4 heteroatoms. The van der Waals surface area contributed by atoms with Crippen molar-refractivity contribution >= 4 is 5.91 Å². The summed E-state index contributed by atoms with van der Waals surface area (Å²) in [6, 6.07) is 7.19. The Labute approximate surface area is 126 Å². The van der Waals surface area contributed by atoms with Gasteiger partial charge in [0.2, 0.25) is 0 Å². The van der Waals surface area contributed by atoms with Gasteiger partial charge in [0.05, 0.1) is 0 Å². The molecule has 1 aromatic carbocycles. The Hall–Kier alpha value is -1.83. The van der Waals surface area contributed by atoms with E-state index in [1.54, 1.807) is 17.0 Å². The number of carbonyl (C=O) groups excluding carboxylic acids is 1. The molecule has 1 aromatic rings. The maximum absolute atomic E-state index is 12.3. The molecule has 1 amide bonds. The highest BCUT2D eigenvalue weighted by atomic mass is 16.2. The second kappa shape index (κ2) is 7.82. The molecule has 1 aliphatic heterocycles. The van der Waals surface area contributed by atoms with Gasteiger partial charge in [0.1, 0.15) is 6.61 Å². The van der Waals surface area contributed by atoms with Gasteiger partial charge >= 0.3 is 0 Å². The molecule has 4 nitrogen and oxygen atoms in total. The van der Waals surface area contributed by atoms with Gasteiger partial charge in [0, 0.05) is 31.3 Å². The van der Waals surface area contributed by atoms with Crippen LogP contribution in [0.15, 0.2) is 24.3 Å². The van der Waals surface area contributed by atoms with Crippen molar-refractivity contribution in [3.63, 3.8) is 0 Å².